The van der Waals surface area contributed by atoms with Gasteiger partial charge in [0.05, 0.1) is 22.4 Å². The number of aromatic nitrogens is 1. The Bertz CT molecular complexity index is 1100. The Morgan fingerprint density at radius 2 is 2.14 bits per heavy atom. The second-order valence-corrected chi connectivity index (χ2v) is 8.06. The third kappa shape index (κ3) is 3.35. The molecular weight excluding hydrogens is 372 g/mol. The Labute approximate surface area is 166 Å². The molecule has 0 N–H and O–H groups in total. The van der Waals surface area contributed by atoms with E-state index in [-0.39, 0.29) is 5.69 Å². The molecule has 2 heterocycles. The van der Waals surface area contributed by atoms with Crippen LogP contribution in [0.5, 0.6) is 0 Å². The summed E-state index contributed by atoms with van der Waals surface area (Å²) in [7, 11) is 0. The molecule has 4 rings (SSSR count). The van der Waals surface area contributed by atoms with Crippen molar-refractivity contribution in [3.05, 3.63) is 74.4 Å². The average molecular weight is 390 g/mol. The maximum Gasteiger partial charge on any atom is 0.269 e. The molecule has 1 aliphatic rings. The number of nitro benzene ring substituents is 1. The van der Waals surface area contributed by atoms with Crippen molar-refractivity contribution in [3.63, 3.8) is 0 Å². The first-order valence-corrected chi connectivity index (χ1v) is 9.89. The molecule has 0 aliphatic heterocycles. The summed E-state index contributed by atoms with van der Waals surface area (Å²) in [5.74, 6) is 0.647. The molecule has 1 aliphatic carbocycles. The third-order valence-corrected chi connectivity index (χ3v) is 6.20. The lowest BCUT2D eigenvalue weighted by atomic mass is 9.89. The third-order valence-electron chi connectivity index (χ3n) is 5.04. The summed E-state index contributed by atoms with van der Waals surface area (Å²) in [5.41, 5.74) is 3.60. The molecule has 28 heavy (non-hydrogen) atoms. The highest BCUT2D eigenvalue weighted by Gasteiger charge is 2.23. The number of benzene rings is 1. The van der Waals surface area contributed by atoms with Crippen molar-refractivity contribution >= 4 is 28.2 Å². The van der Waals surface area contributed by atoms with Gasteiger partial charge in [-0.25, -0.2) is 4.99 Å². The molecule has 3 aromatic rings. The molecule has 140 valence electrons. The zero-order chi connectivity index (χ0) is 19.7. The van der Waals surface area contributed by atoms with Gasteiger partial charge >= 0.3 is 0 Å². The lowest BCUT2D eigenvalue weighted by Gasteiger charge is -2.17. The number of non-ortho nitro benzene ring substituents is 1. The van der Waals surface area contributed by atoms with E-state index in [1.807, 2.05) is 22.9 Å². The monoisotopic (exact) mass is 390 g/mol. The number of fused-ring (bicyclic) bond motifs is 1. The molecule has 0 bridgehead atoms. The van der Waals surface area contributed by atoms with E-state index in [1.54, 1.807) is 29.7 Å². The van der Waals surface area contributed by atoms with Crippen LogP contribution in [0.15, 0.2) is 47.6 Å². The van der Waals surface area contributed by atoms with Crippen molar-refractivity contribution in [3.8, 4) is 11.8 Å². The van der Waals surface area contributed by atoms with Crippen LogP contribution < -0.4 is 0 Å². The van der Waals surface area contributed by atoms with Gasteiger partial charge in [-0.15, -0.1) is 11.3 Å². The summed E-state index contributed by atoms with van der Waals surface area (Å²) < 4.78 is 1.91. The lowest BCUT2D eigenvalue weighted by molar-refractivity contribution is -0.384. The van der Waals surface area contributed by atoms with Crippen LogP contribution in [-0.2, 0) is 12.8 Å². The van der Waals surface area contributed by atoms with Crippen LogP contribution in [0.4, 0.5) is 10.7 Å². The fourth-order valence-corrected chi connectivity index (χ4v) is 4.84. The number of nitro groups is 1. The second-order valence-electron chi connectivity index (χ2n) is 6.98. The Hall–Kier alpha value is -3.24. The van der Waals surface area contributed by atoms with Crippen molar-refractivity contribution in [2.45, 2.75) is 26.2 Å². The number of nitriles is 1. The summed E-state index contributed by atoms with van der Waals surface area (Å²) in [5, 5.41) is 21.2. The normalized spacial score (nSPS) is 16.1. The van der Waals surface area contributed by atoms with Gasteiger partial charge < -0.3 is 4.57 Å². The average Bonchev–Trinajstić information content (AvgIpc) is 3.29. The highest BCUT2D eigenvalue weighted by Crippen LogP contribution is 2.40. The molecule has 0 radical (unpaired) electrons. The molecule has 1 aromatic carbocycles. The van der Waals surface area contributed by atoms with E-state index in [4.69, 9.17) is 0 Å². The first kappa shape index (κ1) is 18.1. The van der Waals surface area contributed by atoms with Crippen LogP contribution in [0.25, 0.3) is 5.69 Å². The molecule has 2 aromatic heterocycles. The summed E-state index contributed by atoms with van der Waals surface area (Å²) >= 11 is 1.61. The molecule has 1 atom stereocenters. The standard InChI is InChI=1S/C21H18N4O2S/c1-14-4-9-18-19(12-22)21(28-20(18)11-14)23-13-17-3-2-10-24(17)15-5-7-16(8-6-15)25(26)27/h2-3,5-8,10,13-14H,4,9,11H2,1H3/t14-/m1/s1. The Balaban J connectivity index is 1.65. The summed E-state index contributed by atoms with van der Waals surface area (Å²) in [4.78, 5) is 16.3. The fraction of sp³-hybridized carbons (Fsp3) is 0.238. The van der Waals surface area contributed by atoms with Crippen molar-refractivity contribution in [1.29, 1.82) is 5.26 Å². The van der Waals surface area contributed by atoms with Gasteiger partial charge in [-0.2, -0.15) is 5.26 Å². The highest BCUT2D eigenvalue weighted by atomic mass is 32.1. The second kappa shape index (κ2) is 7.41. The van der Waals surface area contributed by atoms with Crippen LogP contribution >= 0.6 is 11.3 Å². The van der Waals surface area contributed by atoms with E-state index < -0.39 is 4.92 Å². The van der Waals surface area contributed by atoms with E-state index in [9.17, 15) is 15.4 Å². The van der Waals surface area contributed by atoms with Crippen LogP contribution in [0, 0.1) is 27.4 Å². The maximum atomic E-state index is 10.8. The number of hydrogen-bond donors (Lipinski definition) is 0. The van der Waals surface area contributed by atoms with Crippen molar-refractivity contribution < 1.29 is 4.92 Å². The Morgan fingerprint density at radius 1 is 1.36 bits per heavy atom. The van der Waals surface area contributed by atoms with Gasteiger partial charge in [0.15, 0.2) is 0 Å². The Kier molecular flexibility index (Phi) is 4.80. The molecular formula is C21H18N4O2S. The van der Waals surface area contributed by atoms with Gasteiger partial charge in [0.1, 0.15) is 11.1 Å². The molecule has 6 nitrogen and oxygen atoms in total. The zero-order valence-electron chi connectivity index (χ0n) is 15.3. The molecule has 0 fully saturated rings. The SMILES string of the molecule is C[C@@H]1CCc2c(sc(N=Cc3cccn3-c3ccc([N+](=O)[O-])cc3)c2C#N)C1. The number of hydrogen-bond acceptors (Lipinski definition) is 5. The minimum absolute atomic E-state index is 0.0585. The van der Waals surface area contributed by atoms with Crippen LogP contribution in [0.3, 0.4) is 0 Å². The predicted octanol–water partition coefficient (Wildman–Crippen LogP) is 5.19. The van der Waals surface area contributed by atoms with Gasteiger partial charge in [0.2, 0.25) is 0 Å². The molecule has 0 amide bonds. The van der Waals surface area contributed by atoms with Gasteiger partial charge in [-0.1, -0.05) is 6.92 Å². The van der Waals surface area contributed by atoms with E-state index in [2.05, 4.69) is 18.0 Å². The zero-order valence-corrected chi connectivity index (χ0v) is 16.1. The topological polar surface area (TPSA) is 84.2 Å². The first-order chi connectivity index (χ1) is 13.6. The number of nitrogens with zero attached hydrogens (tertiary/aromatic N) is 4. The number of thiophene rings is 1. The maximum absolute atomic E-state index is 10.8. The quantitative estimate of drug-likeness (QED) is 0.349. The summed E-state index contributed by atoms with van der Waals surface area (Å²) in [6.07, 6.45) is 6.72. The molecule has 7 heteroatoms. The molecule has 0 saturated heterocycles. The minimum atomic E-state index is -0.412. The van der Waals surface area contributed by atoms with Crippen molar-refractivity contribution in [2.75, 3.05) is 0 Å². The van der Waals surface area contributed by atoms with Crippen LogP contribution in [-0.4, -0.2) is 15.7 Å². The van der Waals surface area contributed by atoms with Gasteiger partial charge in [0.25, 0.3) is 5.69 Å². The van der Waals surface area contributed by atoms with Gasteiger partial charge in [-0.05, 0) is 55.0 Å². The van der Waals surface area contributed by atoms with E-state index in [0.717, 1.165) is 35.6 Å². The lowest BCUT2D eigenvalue weighted by Crippen LogP contribution is -2.09. The first-order valence-electron chi connectivity index (χ1n) is 9.07. The predicted molar refractivity (Wildman–Crippen MR) is 110 cm³/mol. The molecule has 0 unspecified atom stereocenters. The number of aliphatic imine (C=N–C) groups is 1. The van der Waals surface area contributed by atoms with Gasteiger partial charge in [0, 0.05) is 28.9 Å². The molecule has 0 saturated carbocycles. The van der Waals surface area contributed by atoms with Gasteiger partial charge in [-0.3, -0.25) is 10.1 Å². The summed E-state index contributed by atoms with van der Waals surface area (Å²) in [6.45, 7) is 2.24. The highest BCUT2D eigenvalue weighted by molar-refractivity contribution is 7.16. The van der Waals surface area contributed by atoms with Crippen LogP contribution in [0.2, 0.25) is 0 Å². The van der Waals surface area contributed by atoms with Crippen LogP contribution in [0.1, 0.15) is 35.0 Å². The fourth-order valence-electron chi connectivity index (χ4n) is 3.54. The van der Waals surface area contributed by atoms with Crippen molar-refractivity contribution in [1.82, 2.24) is 4.57 Å². The number of rotatable bonds is 4. The van der Waals surface area contributed by atoms with E-state index >= 15 is 0 Å². The largest absolute Gasteiger partial charge is 0.316 e. The summed E-state index contributed by atoms with van der Waals surface area (Å²) in [6, 6.07) is 12.5. The smallest absolute Gasteiger partial charge is 0.269 e. The van der Waals surface area contributed by atoms with Crippen molar-refractivity contribution in [2.24, 2.45) is 10.9 Å². The van der Waals surface area contributed by atoms with E-state index in [1.165, 1.54) is 22.6 Å². The minimum Gasteiger partial charge on any atom is -0.316 e. The Morgan fingerprint density at radius 3 is 2.86 bits per heavy atom. The van der Waals surface area contributed by atoms with E-state index in [0.29, 0.717) is 11.5 Å². The molecule has 0 spiro atoms.